The number of halogens is 3. The molecule has 0 aliphatic carbocycles. The number of hydrogen-bond acceptors (Lipinski definition) is 4. The Bertz CT molecular complexity index is 908. The Morgan fingerprint density at radius 3 is 2.37 bits per heavy atom. The fraction of sp³-hybridized carbons (Fsp3) is 0.158. The molecule has 2 aromatic carbocycles. The molecule has 2 amide bonds. The molecule has 27 heavy (non-hydrogen) atoms. The average molecular weight is 532 g/mol. The minimum Gasteiger partial charge on any atom is -0.492 e. The van der Waals surface area contributed by atoms with Gasteiger partial charge in [0.25, 0.3) is 11.1 Å². The summed E-state index contributed by atoms with van der Waals surface area (Å²) in [6.07, 6.45) is 1.71. The Labute approximate surface area is 183 Å². The number of thioether (sulfide) groups is 1. The Balaban J connectivity index is 1.82. The zero-order valence-corrected chi connectivity index (χ0v) is 18.9. The largest absolute Gasteiger partial charge is 0.492 e. The van der Waals surface area contributed by atoms with Crippen LogP contribution in [0.15, 0.2) is 50.2 Å². The van der Waals surface area contributed by atoms with Crippen molar-refractivity contribution < 1.29 is 14.3 Å². The van der Waals surface area contributed by atoms with Gasteiger partial charge in [-0.3, -0.25) is 14.5 Å². The van der Waals surface area contributed by atoms with Crippen LogP contribution in [0, 0.1) is 0 Å². The van der Waals surface area contributed by atoms with Gasteiger partial charge in [0.1, 0.15) is 5.75 Å². The minimum absolute atomic E-state index is 0.218. The molecule has 8 heteroatoms. The van der Waals surface area contributed by atoms with E-state index < -0.39 is 0 Å². The number of rotatable bonds is 5. The first-order valence-electron chi connectivity index (χ1n) is 8.00. The molecule has 0 bridgehead atoms. The van der Waals surface area contributed by atoms with Gasteiger partial charge in [-0.1, -0.05) is 23.7 Å². The first-order chi connectivity index (χ1) is 12.9. The predicted molar refractivity (Wildman–Crippen MR) is 116 cm³/mol. The normalized spacial score (nSPS) is 15.7. The number of imide groups is 1. The van der Waals surface area contributed by atoms with E-state index in [1.165, 1.54) is 4.90 Å². The maximum absolute atomic E-state index is 12.7. The molecule has 2 aromatic rings. The molecule has 0 aromatic heterocycles. The van der Waals surface area contributed by atoms with Crippen LogP contribution in [0.5, 0.6) is 5.75 Å². The zero-order valence-electron chi connectivity index (χ0n) is 14.2. The van der Waals surface area contributed by atoms with Crippen LogP contribution in [0.3, 0.4) is 0 Å². The van der Waals surface area contributed by atoms with Crippen molar-refractivity contribution in [3.63, 3.8) is 0 Å². The summed E-state index contributed by atoms with van der Waals surface area (Å²) in [5.74, 6) is 0.395. The highest BCUT2D eigenvalue weighted by molar-refractivity contribution is 9.11. The summed E-state index contributed by atoms with van der Waals surface area (Å²) in [4.78, 5) is 26.6. The van der Waals surface area contributed by atoms with Crippen LogP contribution >= 0.6 is 55.2 Å². The fourth-order valence-electron chi connectivity index (χ4n) is 2.51. The van der Waals surface area contributed by atoms with Crippen LogP contribution in [0.1, 0.15) is 18.1 Å². The van der Waals surface area contributed by atoms with Gasteiger partial charge >= 0.3 is 0 Å². The molecular weight excluding hydrogens is 518 g/mol. The number of benzene rings is 2. The van der Waals surface area contributed by atoms with E-state index in [2.05, 4.69) is 31.9 Å². The molecule has 0 N–H and O–H groups in total. The van der Waals surface area contributed by atoms with Gasteiger partial charge in [0, 0.05) is 5.02 Å². The Kier molecular flexibility index (Phi) is 6.68. The SMILES string of the molecule is CCOc1c(Br)cc(/C=C2\SC(=O)N(Cc3ccc(Cl)cc3)C2=O)cc1Br. The van der Waals surface area contributed by atoms with Gasteiger partial charge in [-0.25, -0.2) is 0 Å². The number of carbonyl (C=O) groups is 2. The zero-order chi connectivity index (χ0) is 19.6. The minimum atomic E-state index is -0.305. The van der Waals surface area contributed by atoms with Crippen molar-refractivity contribution in [2.75, 3.05) is 6.61 Å². The van der Waals surface area contributed by atoms with Gasteiger partial charge in [0.15, 0.2) is 0 Å². The lowest BCUT2D eigenvalue weighted by Crippen LogP contribution is -2.27. The summed E-state index contributed by atoms with van der Waals surface area (Å²) < 4.78 is 7.10. The Morgan fingerprint density at radius 2 is 1.78 bits per heavy atom. The topological polar surface area (TPSA) is 46.6 Å². The lowest BCUT2D eigenvalue weighted by atomic mass is 10.2. The van der Waals surface area contributed by atoms with E-state index in [9.17, 15) is 9.59 Å². The van der Waals surface area contributed by atoms with Crippen LogP contribution in [-0.2, 0) is 11.3 Å². The molecule has 0 unspecified atom stereocenters. The third-order valence-electron chi connectivity index (χ3n) is 3.73. The number of nitrogens with zero attached hydrogens (tertiary/aromatic N) is 1. The Morgan fingerprint density at radius 1 is 1.15 bits per heavy atom. The molecule has 1 aliphatic rings. The summed E-state index contributed by atoms with van der Waals surface area (Å²) in [6.45, 7) is 2.67. The second kappa shape index (κ2) is 8.82. The first-order valence-corrected chi connectivity index (χ1v) is 10.8. The van der Waals surface area contributed by atoms with E-state index in [1.54, 1.807) is 30.3 Å². The van der Waals surface area contributed by atoms with Gasteiger partial charge < -0.3 is 4.74 Å². The van der Waals surface area contributed by atoms with Gasteiger partial charge in [-0.15, -0.1) is 0 Å². The molecule has 0 saturated carbocycles. The summed E-state index contributed by atoms with van der Waals surface area (Å²) in [7, 11) is 0. The number of carbonyl (C=O) groups excluding carboxylic acids is 2. The van der Waals surface area contributed by atoms with E-state index in [0.29, 0.717) is 22.3 Å². The monoisotopic (exact) mass is 529 g/mol. The van der Waals surface area contributed by atoms with Gasteiger partial charge in [0.2, 0.25) is 0 Å². The van der Waals surface area contributed by atoms with Gasteiger partial charge in [-0.2, -0.15) is 0 Å². The molecule has 4 nitrogen and oxygen atoms in total. The molecule has 1 fully saturated rings. The summed E-state index contributed by atoms with van der Waals surface area (Å²) in [5.41, 5.74) is 1.63. The van der Waals surface area contributed by atoms with Crippen molar-refractivity contribution in [1.29, 1.82) is 0 Å². The fourth-order valence-corrected chi connectivity index (χ4v) is 4.92. The second-order valence-electron chi connectivity index (χ2n) is 5.64. The number of amides is 2. The van der Waals surface area contributed by atoms with Crippen LogP contribution in [0.2, 0.25) is 5.02 Å². The molecule has 0 atom stereocenters. The molecule has 140 valence electrons. The van der Waals surface area contributed by atoms with Crippen LogP contribution in [0.25, 0.3) is 6.08 Å². The van der Waals surface area contributed by atoms with Crippen LogP contribution in [0.4, 0.5) is 4.79 Å². The smallest absolute Gasteiger partial charge is 0.293 e. The van der Waals surface area contributed by atoms with Crippen molar-refractivity contribution in [1.82, 2.24) is 4.90 Å². The summed E-state index contributed by atoms with van der Waals surface area (Å²) >= 11 is 13.8. The van der Waals surface area contributed by atoms with Crippen molar-refractivity contribution in [3.05, 3.63) is 66.4 Å². The highest BCUT2D eigenvalue weighted by Gasteiger charge is 2.35. The first kappa shape index (κ1) is 20.5. The van der Waals surface area contributed by atoms with Crippen molar-refractivity contribution in [3.8, 4) is 5.75 Å². The van der Waals surface area contributed by atoms with E-state index in [-0.39, 0.29) is 17.7 Å². The average Bonchev–Trinajstić information content (AvgIpc) is 2.87. The molecule has 1 aliphatic heterocycles. The summed E-state index contributed by atoms with van der Waals surface area (Å²) in [5, 5.41) is 0.324. The Hall–Kier alpha value is -1.28. The van der Waals surface area contributed by atoms with E-state index in [1.807, 2.05) is 19.1 Å². The maximum atomic E-state index is 12.7. The van der Waals surface area contributed by atoms with Crippen LogP contribution in [-0.4, -0.2) is 22.7 Å². The van der Waals surface area contributed by atoms with Crippen molar-refractivity contribution in [2.45, 2.75) is 13.5 Å². The van der Waals surface area contributed by atoms with Crippen molar-refractivity contribution in [2.24, 2.45) is 0 Å². The van der Waals surface area contributed by atoms with E-state index in [0.717, 1.165) is 31.8 Å². The lowest BCUT2D eigenvalue weighted by molar-refractivity contribution is -0.123. The molecular formula is C19H14Br2ClNO3S. The number of ether oxygens (including phenoxy) is 1. The van der Waals surface area contributed by atoms with Crippen molar-refractivity contribution >= 4 is 72.4 Å². The van der Waals surface area contributed by atoms with E-state index in [4.69, 9.17) is 16.3 Å². The van der Waals surface area contributed by atoms with Crippen LogP contribution < -0.4 is 4.74 Å². The molecule has 1 saturated heterocycles. The third-order valence-corrected chi connectivity index (χ3v) is 6.07. The quantitative estimate of drug-likeness (QED) is 0.413. The third kappa shape index (κ3) is 4.77. The molecule has 0 radical (unpaired) electrons. The number of hydrogen-bond donors (Lipinski definition) is 0. The molecule has 0 spiro atoms. The van der Waals surface area contributed by atoms with Gasteiger partial charge in [-0.05, 0) is 92.0 Å². The molecule has 3 rings (SSSR count). The predicted octanol–water partition coefficient (Wildman–Crippen LogP) is 6.50. The van der Waals surface area contributed by atoms with Gasteiger partial charge in [0.05, 0.1) is 27.0 Å². The van der Waals surface area contributed by atoms with E-state index >= 15 is 0 Å². The second-order valence-corrected chi connectivity index (χ2v) is 8.78. The highest BCUT2D eigenvalue weighted by Crippen LogP contribution is 2.38. The highest BCUT2D eigenvalue weighted by atomic mass is 79.9. The summed E-state index contributed by atoms with van der Waals surface area (Å²) in [6, 6.07) is 10.8. The maximum Gasteiger partial charge on any atom is 0.293 e. The lowest BCUT2D eigenvalue weighted by Gasteiger charge is -2.12. The molecule has 1 heterocycles. The standard InChI is InChI=1S/C19H14Br2ClNO3S/c1-2-26-17-14(20)7-12(8-15(17)21)9-16-18(24)23(19(25)27-16)10-11-3-5-13(22)6-4-11/h3-9H,2,10H2,1H3/b16-9-.